The summed E-state index contributed by atoms with van der Waals surface area (Å²) in [6, 6.07) is 10.3. The quantitative estimate of drug-likeness (QED) is 0.907. The highest BCUT2D eigenvalue weighted by molar-refractivity contribution is 7.92. The number of aryl methyl sites for hydroxylation is 2. The van der Waals surface area contributed by atoms with Crippen LogP contribution in [-0.2, 0) is 16.6 Å². The summed E-state index contributed by atoms with van der Waals surface area (Å²) in [6.45, 7) is 4.01. The molecule has 6 heteroatoms. The van der Waals surface area contributed by atoms with Gasteiger partial charge in [0, 0.05) is 6.54 Å². The van der Waals surface area contributed by atoms with Crippen LogP contribution < -0.4 is 10.5 Å². The van der Waals surface area contributed by atoms with Gasteiger partial charge in [0.05, 0.1) is 10.7 Å². The van der Waals surface area contributed by atoms with E-state index >= 15 is 0 Å². The van der Waals surface area contributed by atoms with E-state index in [2.05, 4.69) is 4.72 Å². The fraction of sp³-hybridized carbons (Fsp3) is 0.200. The van der Waals surface area contributed by atoms with E-state index in [4.69, 9.17) is 17.3 Å². The number of para-hydroxylation sites is 1. The molecule has 0 aliphatic carbocycles. The summed E-state index contributed by atoms with van der Waals surface area (Å²) in [7, 11) is -3.74. The fourth-order valence-corrected chi connectivity index (χ4v) is 3.83. The van der Waals surface area contributed by atoms with Gasteiger partial charge in [-0.1, -0.05) is 35.9 Å². The van der Waals surface area contributed by atoms with Crippen LogP contribution in [0.1, 0.15) is 16.7 Å². The van der Waals surface area contributed by atoms with Gasteiger partial charge in [-0.15, -0.1) is 0 Å². The minimum atomic E-state index is -3.74. The molecule has 0 bridgehead atoms. The molecule has 2 aromatic carbocycles. The Balaban J connectivity index is 2.44. The highest BCUT2D eigenvalue weighted by Crippen LogP contribution is 2.27. The van der Waals surface area contributed by atoms with E-state index in [1.54, 1.807) is 12.1 Å². The Kier molecular flexibility index (Phi) is 4.56. The Labute approximate surface area is 130 Å². The number of hydrogen-bond donors (Lipinski definition) is 2. The summed E-state index contributed by atoms with van der Waals surface area (Å²) in [4.78, 5) is 0.0454. The lowest BCUT2D eigenvalue weighted by Crippen LogP contribution is -2.15. The average molecular weight is 325 g/mol. The maximum atomic E-state index is 12.5. The maximum absolute atomic E-state index is 12.5. The van der Waals surface area contributed by atoms with Crippen molar-refractivity contribution in [1.29, 1.82) is 0 Å². The number of rotatable bonds is 4. The molecule has 0 heterocycles. The van der Waals surface area contributed by atoms with Crippen LogP contribution >= 0.6 is 11.6 Å². The van der Waals surface area contributed by atoms with Gasteiger partial charge in [-0.2, -0.15) is 0 Å². The minimum absolute atomic E-state index is 0.0454. The Morgan fingerprint density at radius 1 is 1.14 bits per heavy atom. The number of halogens is 1. The van der Waals surface area contributed by atoms with E-state index in [-0.39, 0.29) is 9.92 Å². The van der Waals surface area contributed by atoms with Crippen LogP contribution in [0.25, 0.3) is 0 Å². The first kappa shape index (κ1) is 15.8. The zero-order valence-corrected chi connectivity index (χ0v) is 13.4. The molecule has 0 spiro atoms. The third-order valence-electron chi connectivity index (χ3n) is 3.24. The highest BCUT2D eigenvalue weighted by atomic mass is 35.5. The monoisotopic (exact) mass is 324 g/mol. The predicted molar refractivity (Wildman–Crippen MR) is 86.1 cm³/mol. The van der Waals surface area contributed by atoms with Crippen LogP contribution in [0, 0.1) is 13.8 Å². The lowest BCUT2D eigenvalue weighted by molar-refractivity contribution is 0.601. The number of nitrogens with one attached hydrogen (secondary N) is 1. The van der Waals surface area contributed by atoms with Gasteiger partial charge in [-0.3, -0.25) is 4.72 Å². The summed E-state index contributed by atoms with van der Waals surface area (Å²) >= 11 is 6.06. The lowest BCUT2D eigenvalue weighted by atomic mass is 10.1. The largest absolute Gasteiger partial charge is 0.326 e. The standard InChI is InChI=1S/C15H17ClN2O2S/c1-10-4-3-5-11(2)15(10)18-21(19,20)14-7-6-12(9-17)8-13(14)16/h3-8,18H,9,17H2,1-2H3. The minimum Gasteiger partial charge on any atom is -0.326 e. The van der Waals surface area contributed by atoms with Crippen LogP contribution in [0.2, 0.25) is 5.02 Å². The summed E-state index contributed by atoms with van der Waals surface area (Å²) < 4.78 is 27.6. The molecule has 112 valence electrons. The molecule has 0 aliphatic rings. The van der Waals surface area contributed by atoms with Crippen molar-refractivity contribution in [3.63, 3.8) is 0 Å². The van der Waals surface area contributed by atoms with E-state index < -0.39 is 10.0 Å². The maximum Gasteiger partial charge on any atom is 0.263 e. The SMILES string of the molecule is Cc1cccc(C)c1NS(=O)(=O)c1ccc(CN)cc1Cl. The molecule has 0 radical (unpaired) electrons. The molecular weight excluding hydrogens is 308 g/mol. The molecule has 2 rings (SSSR count). The van der Waals surface area contributed by atoms with Gasteiger partial charge in [0.15, 0.2) is 0 Å². The predicted octanol–water partition coefficient (Wildman–Crippen LogP) is 3.22. The molecule has 0 saturated heterocycles. The Bertz CT molecular complexity index is 753. The first-order valence-corrected chi connectivity index (χ1v) is 8.29. The second-order valence-corrected chi connectivity index (χ2v) is 6.90. The van der Waals surface area contributed by atoms with Gasteiger partial charge in [0.25, 0.3) is 10.0 Å². The first-order chi connectivity index (χ1) is 9.85. The highest BCUT2D eigenvalue weighted by Gasteiger charge is 2.19. The normalized spacial score (nSPS) is 11.4. The van der Waals surface area contributed by atoms with Crippen LogP contribution in [0.4, 0.5) is 5.69 Å². The van der Waals surface area contributed by atoms with Crippen molar-refractivity contribution in [2.45, 2.75) is 25.3 Å². The van der Waals surface area contributed by atoms with Crippen molar-refractivity contribution in [2.24, 2.45) is 5.73 Å². The van der Waals surface area contributed by atoms with Crippen molar-refractivity contribution in [2.75, 3.05) is 4.72 Å². The van der Waals surface area contributed by atoms with Crippen LogP contribution in [-0.4, -0.2) is 8.42 Å². The van der Waals surface area contributed by atoms with E-state index in [0.717, 1.165) is 16.7 Å². The van der Waals surface area contributed by atoms with Gasteiger partial charge in [0.1, 0.15) is 4.90 Å². The molecule has 21 heavy (non-hydrogen) atoms. The second-order valence-electron chi connectivity index (χ2n) is 4.84. The molecule has 2 aromatic rings. The van der Waals surface area contributed by atoms with Gasteiger partial charge < -0.3 is 5.73 Å². The van der Waals surface area contributed by atoms with Gasteiger partial charge in [-0.25, -0.2) is 8.42 Å². The van der Waals surface area contributed by atoms with E-state index in [1.165, 1.54) is 6.07 Å². The molecule has 0 atom stereocenters. The number of benzene rings is 2. The van der Waals surface area contributed by atoms with E-state index in [1.807, 2.05) is 32.0 Å². The molecule has 3 N–H and O–H groups in total. The molecule has 4 nitrogen and oxygen atoms in total. The van der Waals surface area contributed by atoms with Crippen molar-refractivity contribution in [3.05, 3.63) is 58.1 Å². The van der Waals surface area contributed by atoms with Gasteiger partial charge in [0.2, 0.25) is 0 Å². The fourth-order valence-electron chi connectivity index (χ4n) is 2.05. The molecule has 0 saturated carbocycles. The molecule has 0 amide bonds. The molecule has 0 aliphatic heterocycles. The molecule has 0 aromatic heterocycles. The summed E-state index contributed by atoms with van der Waals surface area (Å²) in [5.74, 6) is 0. The smallest absolute Gasteiger partial charge is 0.263 e. The van der Waals surface area contributed by atoms with Gasteiger partial charge >= 0.3 is 0 Å². The summed E-state index contributed by atoms with van der Waals surface area (Å²) in [5, 5.41) is 0.164. The zero-order valence-electron chi connectivity index (χ0n) is 11.9. The van der Waals surface area contributed by atoms with Crippen molar-refractivity contribution in [3.8, 4) is 0 Å². The lowest BCUT2D eigenvalue weighted by Gasteiger charge is -2.14. The third-order valence-corrected chi connectivity index (χ3v) is 5.07. The topological polar surface area (TPSA) is 72.2 Å². The number of nitrogens with two attached hydrogens (primary N) is 1. The average Bonchev–Trinajstić information content (AvgIpc) is 2.42. The van der Waals surface area contributed by atoms with Crippen molar-refractivity contribution < 1.29 is 8.42 Å². The van der Waals surface area contributed by atoms with Crippen LogP contribution in [0.15, 0.2) is 41.3 Å². The van der Waals surface area contributed by atoms with Crippen LogP contribution in [0.3, 0.4) is 0 Å². The summed E-state index contributed by atoms with van der Waals surface area (Å²) in [6.07, 6.45) is 0. The van der Waals surface area contributed by atoms with E-state index in [9.17, 15) is 8.42 Å². The third kappa shape index (κ3) is 3.37. The van der Waals surface area contributed by atoms with Crippen molar-refractivity contribution in [1.82, 2.24) is 0 Å². The summed E-state index contributed by atoms with van der Waals surface area (Å²) in [5.41, 5.74) is 8.59. The van der Waals surface area contributed by atoms with E-state index in [0.29, 0.717) is 12.2 Å². The molecule has 0 unspecified atom stereocenters. The number of hydrogen-bond acceptors (Lipinski definition) is 3. The first-order valence-electron chi connectivity index (χ1n) is 6.42. The Morgan fingerprint density at radius 2 is 1.76 bits per heavy atom. The molecule has 0 fully saturated rings. The second kappa shape index (κ2) is 6.05. The van der Waals surface area contributed by atoms with Gasteiger partial charge in [-0.05, 0) is 42.7 Å². The Morgan fingerprint density at radius 3 is 2.29 bits per heavy atom. The number of anilines is 1. The zero-order chi connectivity index (χ0) is 15.6. The van der Waals surface area contributed by atoms with Crippen LogP contribution in [0.5, 0.6) is 0 Å². The number of sulfonamides is 1. The Hall–Kier alpha value is -1.56. The van der Waals surface area contributed by atoms with Crippen molar-refractivity contribution >= 4 is 27.3 Å². The molecular formula is C15H17ClN2O2S.